The number of aliphatic hydroxyl groups is 1. The highest BCUT2D eigenvalue weighted by Gasteiger charge is 2.34. The van der Waals surface area contributed by atoms with Crippen LogP contribution in [0, 0.1) is 5.41 Å². The molecule has 1 N–H and O–H groups in total. The van der Waals surface area contributed by atoms with Crippen molar-refractivity contribution in [3.63, 3.8) is 0 Å². The molecule has 0 aromatic carbocycles. The molecular formula is C15H26O. The lowest BCUT2D eigenvalue weighted by Crippen LogP contribution is -2.34. The summed E-state index contributed by atoms with van der Waals surface area (Å²) in [6, 6.07) is 0. The molecule has 1 heteroatoms. The molecule has 0 saturated heterocycles. The average Bonchev–Trinajstić information content (AvgIpc) is 2.20. The van der Waals surface area contributed by atoms with E-state index in [9.17, 15) is 5.11 Å². The fourth-order valence-corrected chi connectivity index (χ4v) is 2.31. The molecule has 0 aliphatic heterocycles. The second-order valence-electron chi connectivity index (χ2n) is 5.78. The second-order valence-corrected chi connectivity index (χ2v) is 5.78. The van der Waals surface area contributed by atoms with Gasteiger partial charge in [-0.1, -0.05) is 51.8 Å². The Balaban J connectivity index is 2.68. The lowest BCUT2D eigenvalue weighted by atomic mass is 9.72. The van der Waals surface area contributed by atoms with Crippen LogP contribution in [-0.4, -0.2) is 10.7 Å². The number of allylic oxidation sites excluding steroid dienone is 2. The van der Waals surface area contributed by atoms with Gasteiger partial charge in [-0.3, -0.25) is 0 Å². The zero-order valence-corrected chi connectivity index (χ0v) is 11.2. The molecule has 1 unspecified atom stereocenters. The van der Waals surface area contributed by atoms with Crippen molar-refractivity contribution in [1.29, 1.82) is 0 Å². The van der Waals surface area contributed by atoms with Crippen LogP contribution < -0.4 is 0 Å². The van der Waals surface area contributed by atoms with Crippen molar-refractivity contribution in [1.82, 2.24) is 0 Å². The van der Waals surface area contributed by atoms with Crippen LogP contribution in [0.15, 0.2) is 23.8 Å². The zero-order chi connectivity index (χ0) is 12.2. The van der Waals surface area contributed by atoms with E-state index in [0.717, 1.165) is 24.8 Å². The van der Waals surface area contributed by atoms with Gasteiger partial charge in [0.25, 0.3) is 0 Å². The second kappa shape index (κ2) is 5.18. The number of rotatable bonds is 4. The summed E-state index contributed by atoms with van der Waals surface area (Å²) in [7, 11) is 0. The number of unbranched alkanes of at least 4 members (excludes halogenated alkanes) is 2. The molecule has 0 radical (unpaired) electrons. The summed E-state index contributed by atoms with van der Waals surface area (Å²) in [6.07, 6.45) is 11.8. The lowest BCUT2D eigenvalue weighted by molar-refractivity contribution is 0.0936. The molecule has 0 bridgehead atoms. The van der Waals surface area contributed by atoms with Crippen molar-refractivity contribution in [2.45, 2.75) is 65.4 Å². The highest BCUT2D eigenvalue weighted by atomic mass is 16.3. The first kappa shape index (κ1) is 13.5. The minimum atomic E-state index is -0.677. The quantitative estimate of drug-likeness (QED) is 0.557. The smallest absolute Gasteiger partial charge is 0.104 e. The summed E-state index contributed by atoms with van der Waals surface area (Å²) in [6.45, 7) is 8.70. The zero-order valence-electron chi connectivity index (χ0n) is 11.2. The van der Waals surface area contributed by atoms with Gasteiger partial charge >= 0.3 is 0 Å². The van der Waals surface area contributed by atoms with Gasteiger partial charge in [0, 0.05) is 0 Å². The lowest BCUT2D eigenvalue weighted by Gasteiger charge is -2.37. The molecule has 1 nitrogen and oxygen atoms in total. The van der Waals surface area contributed by atoms with E-state index in [0.29, 0.717) is 0 Å². The Morgan fingerprint density at radius 1 is 1.38 bits per heavy atom. The fraction of sp³-hybridized carbons (Fsp3) is 0.733. The van der Waals surface area contributed by atoms with Gasteiger partial charge in [0.1, 0.15) is 5.60 Å². The summed E-state index contributed by atoms with van der Waals surface area (Å²) in [5, 5.41) is 10.5. The predicted molar refractivity (Wildman–Crippen MR) is 70.4 cm³/mol. The molecule has 16 heavy (non-hydrogen) atoms. The van der Waals surface area contributed by atoms with Gasteiger partial charge in [0.15, 0.2) is 0 Å². The fourth-order valence-electron chi connectivity index (χ4n) is 2.31. The van der Waals surface area contributed by atoms with Gasteiger partial charge in [-0.2, -0.15) is 0 Å². The molecule has 0 aromatic heterocycles. The third kappa shape index (κ3) is 3.48. The van der Waals surface area contributed by atoms with Gasteiger partial charge in [0.2, 0.25) is 0 Å². The highest BCUT2D eigenvalue weighted by molar-refractivity contribution is 5.28. The molecule has 0 saturated carbocycles. The van der Waals surface area contributed by atoms with Crippen molar-refractivity contribution < 1.29 is 5.11 Å². The molecule has 1 atom stereocenters. The Hall–Kier alpha value is -0.560. The van der Waals surface area contributed by atoms with Crippen molar-refractivity contribution in [2.75, 3.05) is 0 Å². The van der Waals surface area contributed by atoms with Crippen LogP contribution in [0.1, 0.15) is 59.8 Å². The topological polar surface area (TPSA) is 20.2 Å². The highest BCUT2D eigenvalue weighted by Crippen LogP contribution is 2.39. The maximum absolute atomic E-state index is 10.5. The van der Waals surface area contributed by atoms with Crippen molar-refractivity contribution in [2.24, 2.45) is 5.41 Å². The van der Waals surface area contributed by atoms with Crippen molar-refractivity contribution >= 4 is 0 Å². The minimum Gasteiger partial charge on any atom is -0.381 e. The van der Waals surface area contributed by atoms with E-state index in [1.165, 1.54) is 12.8 Å². The average molecular weight is 222 g/mol. The standard InChI is InChI=1S/C15H26O/c1-5-6-7-8-9-15(16)11-10-14(3,4)12-13(15)2/h8-9,12,16H,5-7,10-11H2,1-4H3/b9-8+. The molecule has 0 aromatic rings. The monoisotopic (exact) mass is 222 g/mol. The Morgan fingerprint density at radius 2 is 2.06 bits per heavy atom. The first-order valence-electron chi connectivity index (χ1n) is 6.50. The van der Waals surface area contributed by atoms with E-state index in [1.54, 1.807) is 0 Å². The molecule has 92 valence electrons. The van der Waals surface area contributed by atoms with Gasteiger partial charge < -0.3 is 5.11 Å². The third-order valence-corrected chi connectivity index (χ3v) is 3.56. The van der Waals surface area contributed by atoms with Crippen LogP contribution >= 0.6 is 0 Å². The molecule has 1 rings (SSSR count). The van der Waals surface area contributed by atoms with E-state index in [1.807, 2.05) is 13.0 Å². The van der Waals surface area contributed by atoms with Crippen LogP contribution in [-0.2, 0) is 0 Å². The van der Waals surface area contributed by atoms with E-state index in [-0.39, 0.29) is 5.41 Å². The summed E-state index contributed by atoms with van der Waals surface area (Å²) >= 11 is 0. The summed E-state index contributed by atoms with van der Waals surface area (Å²) in [5.74, 6) is 0. The van der Waals surface area contributed by atoms with Crippen LogP contribution in [0.25, 0.3) is 0 Å². The maximum atomic E-state index is 10.5. The number of hydrogen-bond donors (Lipinski definition) is 1. The Labute approximate surface area is 100 Å². The van der Waals surface area contributed by atoms with Crippen molar-refractivity contribution in [3.8, 4) is 0 Å². The SMILES string of the molecule is CCCC/C=C/C1(O)CCC(C)(C)C=C1C. The Morgan fingerprint density at radius 3 is 2.62 bits per heavy atom. The van der Waals surface area contributed by atoms with Gasteiger partial charge in [-0.05, 0) is 37.2 Å². The largest absolute Gasteiger partial charge is 0.381 e. The minimum absolute atomic E-state index is 0.244. The first-order chi connectivity index (χ1) is 7.40. The molecular weight excluding hydrogens is 196 g/mol. The number of hydrogen-bond acceptors (Lipinski definition) is 1. The van der Waals surface area contributed by atoms with Gasteiger partial charge in [-0.15, -0.1) is 0 Å². The van der Waals surface area contributed by atoms with Crippen LogP contribution in [0.5, 0.6) is 0 Å². The van der Waals surface area contributed by atoms with Crippen LogP contribution in [0.3, 0.4) is 0 Å². The molecule has 1 aliphatic carbocycles. The Bertz CT molecular complexity index is 286. The van der Waals surface area contributed by atoms with Crippen molar-refractivity contribution in [3.05, 3.63) is 23.8 Å². The van der Waals surface area contributed by atoms with E-state index >= 15 is 0 Å². The summed E-state index contributed by atoms with van der Waals surface area (Å²) in [5.41, 5.74) is 0.674. The molecule has 0 amide bonds. The molecule has 0 spiro atoms. The van der Waals surface area contributed by atoms with Gasteiger partial charge in [0.05, 0.1) is 0 Å². The van der Waals surface area contributed by atoms with Crippen LogP contribution in [0.2, 0.25) is 0 Å². The maximum Gasteiger partial charge on any atom is 0.104 e. The Kier molecular flexibility index (Phi) is 4.37. The van der Waals surface area contributed by atoms with Crippen LogP contribution in [0.4, 0.5) is 0 Å². The van der Waals surface area contributed by atoms with Gasteiger partial charge in [-0.25, -0.2) is 0 Å². The third-order valence-electron chi connectivity index (χ3n) is 3.56. The molecule has 0 heterocycles. The van der Waals surface area contributed by atoms with E-state index < -0.39 is 5.60 Å². The predicted octanol–water partition coefficient (Wildman–Crippen LogP) is 4.23. The summed E-state index contributed by atoms with van der Waals surface area (Å²) in [4.78, 5) is 0. The first-order valence-corrected chi connectivity index (χ1v) is 6.50. The van der Waals surface area contributed by atoms with E-state index in [4.69, 9.17) is 0 Å². The summed E-state index contributed by atoms with van der Waals surface area (Å²) < 4.78 is 0. The molecule has 1 aliphatic rings. The molecule has 0 fully saturated rings. The normalized spacial score (nSPS) is 29.4. The van der Waals surface area contributed by atoms with E-state index in [2.05, 4.69) is 32.9 Å².